The fraction of sp³-hybridized carbons (Fsp3) is 0.357. The van der Waals surface area contributed by atoms with Gasteiger partial charge in [-0.15, -0.1) is 0 Å². The number of hydrogen-bond acceptors (Lipinski definition) is 4. The third kappa shape index (κ3) is 2.47. The molecule has 0 atom stereocenters. The van der Waals surface area contributed by atoms with Gasteiger partial charge < -0.3 is 15.3 Å². The zero-order valence-electron chi connectivity index (χ0n) is 10.8. The lowest BCUT2D eigenvalue weighted by atomic mass is 9.96. The summed E-state index contributed by atoms with van der Waals surface area (Å²) in [7, 11) is 0. The van der Waals surface area contributed by atoms with Crippen molar-refractivity contribution in [2.75, 3.05) is 0 Å². The van der Waals surface area contributed by atoms with Crippen LogP contribution in [0, 0.1) is 13.8 Å². The van der Waals surface area contributed by atoms with Gasteiger partial charge in [-0.2, -0.15) is 0 Å². The van der Waals surface area contributed by atoms with E-state index in [1.54, 1.807) is 0 Å². The molecule has 0 unspecified atom stereocenters. The summed E-state index contributed by atoms with van der Waals surface area (Å²) in [5, 5.41) is 29.1. The van der Waals surface area contributed by atoms with Crippen molar-refractivity contribution >= 4 is 5.78 Å². The maximum absolute atomic E-state index is 12.0. The highest BCUT2D eigenvalue weighted by Gasteiger charge is 2.22. The Morgan fingerprint density at radius 3 is 2.17 bits per heavy atom. The van der Waals surface area contributed by atoms with Gasteiger partial charge in [-0.3, -0.25) is 4.79 Å². The lowest BCUT2D eigenvalue weighted by Crippen LogP contribution is -2.03. The molecule has 18 heavy (non-hydrogen) atoms. The molecule has 0 aliphatic heterocycles. The number of phenols is 3. The molecular weight excluding hydrogens is 232 g/mol. The molecule has 0 aliphatic carbocycles. The highest BCUT2D eigenvalue weighted by atomic mass is 16.3. The first-order chi connectivity index (χ1) is 8.41. The molecule has 0 saturated carbocycles. The van der Waals surface area contributed by atoms with Gasteiger partial charge in [0.15, 0.2) is 17.3 Å². The third-order valence-electron chi connectivity index (χ3n) is 2.95. The van der Waals surface area contributed by atoms with Gasteiger partial charge in [0.25, 0.3) is 0 Å². The molecule has 0 radical (unpaired) electrons. The Morgan fingerprint density at radius 1 is 1.06 bits per heavy atom. The molecule has 4 nitrogen and oxygen atoms in total. The third-order valence-corrected chi connectivity index (χ3v) is 2.95. The molecule has 0 heterocycles. The minimum absolute atomic E-state index is 0.0901. The van der Waals surface area contributed by atoms with Crippen LogP contribution >= 0.6 is 0 Å². The first-order valence-electron chi connectivity index (χ1n) is 5.80. The van der Waals surface area contributed by atoms with E-state index in [-0.39, 0.29) is 46.1 Å². The van der Waals surface area contributed by atoms with Gasteiger partial charge >= 0.3 is 0 Å². The molecule has 0 amide bonds. The van der Waals surface area contributed by atoms with Gasteiger partial charge in [0.2, 0.25) is 0 Å². The van der Waals surface area contributed by atoms with E-state index in [1.165, 1.54) is 13.8 Å². The Hall–Kier alpha value is -1.97. The number of carbonyl (C=O) groups is 1. The zero-order valence-corrected chi connectivity index (χ0v) is 10.8. The standard InChI is InChI=1S/C14H18O4/c1-4-5-6-7-10(15)11-8(2)13(17)14(18)9(3)12(11)16/h4-5,16-18H,6-7H2,1-3H3/b5-4+. The number of ketones is 1. The Kier molecular flexibility index (Phi) is 4.37. The molecule has 0 spiro atoms. The van der Waals surface area contributed by atoms with Gasteiger partial charge in [-0.25, -0.2) is 0 Å². The van der Waals surface area contributed by atoms with Gasteiger partial charge in [0, 0.05) is 17.5 Å². The molecule has 1 aromatic carbocycles. The molecule has 0 aliphatic rings. The van der Waals surface area contributed by atoms with E-state index in [0.29, 0.717) is 6.42 Å². The highest BCUT2D eigenvalue weighted by molar-refractivity contribution is 6.01. The van der Waals surface area contributed by atoms with E-state index >= 15 is 0 Å². The second kappa shape index (κ2) is 5.58. The fourth-order valence-corrected chi connectivity index (χ4v) is 1.80. The average Bonchev–Trinajstić information content (AvgIpc) is 2.34. The van der Waals surface area contributed by atoms with Crippen molar-refractivity contribution < 1.29 is 20.1 Å². The van der Waals surface area contributed by atoms with Crippen molar-refractivity contribution in [2.45, 2.75) is 33.6 Å². The van der Waals surface area contributed by atoms with Crippen LogP contribution in [0.1, 0.15) is 41.3 Å². The summed E-state index contributed by atoms with van der Waals surface area (Å²) >= 11 is 0. The van der Waals surface area contributed by atoms with E-state index < -0.39 is 0 Å². The monoisotopic (exact) mass is 250 g/mol. The average molecular weight is 250 g/mol. The molecule has 0 bridgehead atoms. The van der Waals surface area contributed by atoms with E-state index in [0.717, 1.165) is 0 Å². The number of carbonyl (C=O) groups excluding carboxylic acids is 1. The number of Topliss-reactive ketones (excluding diaryl/α,β-unsaturated/α-hetero) is 1. The van der Waals surface area contributed by atoms with Crippen molar-refractivity contribution in [3.63, 3.8) is 0 Å². The van der Waals surface area contributed by atoms with Gasteiger partial charge in [-0.1, -0.05) is 12.2 Å². The Morgan fingerprint density at radius 2 is 1.61 bits per heavy atom. The molecule has 3 N–H and O–H groups in total. The van der Waals surface area contributed by atoms with E-state index in [2.05, 4.69) is 0 Å². The van der Waals surface area contributed by atoms with E-state index in [4.69, 9.17) is 0 Å². The number of phenolic OH excluding ortho intramolecular Hbond substituents is 3. The smallest absolute Gasteiger partial charge is 0.167 e. The summed E-state index contributed by atoms with van der Waals surface area (Å²) in [6.45, 7) is 4.81. The van der Waals surface area contributed by atoms with Crippen molar-refractivity contribution in [2.24, 2.45) is 0 Å². The SMILES string of the molecule is C/C=C/CCC(=O)c1c(C)c(O)c(O)c(C)c1O. The van der Waals surface area contributed by atoms with Crippen LogP contribution in [-0.4, -0.2) is 21.1 Å². The van der Waals surface area contributed by atoms with Crippen LogP contribution in [0.5, 0.6) is 17.2 Å². The summed E-state index contributed by atoms with van der Waals surface area (Å²) in [5.74, 6) is -1.23. The summed E-state index contributed by atoms with van der Waals surface area (Å²) in [6, 6.07) is 0. The summed E-state index contributed by atoms with van der Waals surface area (Å²) in [5.41, 5.74) is 0.417. The topological polar surface area (TPSA) is 77.8 Å². The van der Waals surface area contributed by atoms with Gasteiger partial charge in [0.05, 0.1) is 5.56 Å². The maximum Gasteiger partial charge on any atom is 0.167 e. The predicted octanol–water partition coefficient (Wildman–Crippen LogP) is 2.96. The largest absolute Gasteiger partial charge is 0.507 e. The molecule has 0 fully saturated rings. The van der Waals surface area contributed by atoms with E-state index in [1.807, 2.05) is 19.1 Å². The lowest BCUT2D eigenvalue weighted by Gasteiger charge is -2.13. The predicted molar refractivity (Wildman–Crippen MR) is 69.3 cm³/mol. The van der Waals surface area contributed by atoms with Crippen molar-refractivity contribution in [3.8, 4) is 17.2 Å². The van der Waals surface area contributed by atoms with Crippen molar-refractivity contribution in [1.29, 1.82) is 0 Å². The molecule has 0 saturated heterocycles. The van der Waals surface area contributed by atoms with Crippen molar-refractivity contribution in [3.05, 3.63) is 28.8 Å². The van der Waals surface area contributed by atoms with Crippen LogP contribution in [0.4, 0.5) is 0 Å². The maximum atomic E-state index is 12.0. The number of aromatic hydroxyl groups is 3. The van der Waals surface area contributed by atoms with Crippen LogP contribution in [0.15, 0.2) is 12.2 Å². The first kappa shape index (κ1) is 14.1. The number of hydrogen-bond donors (Lipinski definition) is 3. The highest BCUT2D eigenvalue weighted by Crippen LogP contribution is 2.41. The van der Waals surface area contributed by atoms with Crippen LogP contribution in [0.2, 0.25) is 0 Å². The molecule has 0 aromatic heterocycles. The molecule has 1 aromatic rings. The molecule has 98 valence electrons. The van der Waals surface area contributed by atoms with Crippen LogP contribution in [0.25, 0.3) is 0 Å². The Bertz CT molecular complexity index is 472. The minimum atomic E-state index is -0.380. The van der Waals surface area contributed by atoms with E-state index in [9.17, 15) is 20.1 Å². The second-order valence-corrected chi connectivity index (χ2v) is 4.20. The second-order valence-electron chi connectivity index (χ2n) is 4.20. The summed E-state index contributed by atoms with van der Waals surface area (Å²) in [4.78, 5) is 12.0. The van der Waals surface area contributed by atoms with Gasteiger partial charge in [0.1, 0.15) is 5.75 Å². The normalized spacial score (nSPS) is 11.1. The number of allylic oxidation sites excluding steroid dienone is 2. The van der Waals surface area contributed by atoms with Gasteiger partial charge in [-0.05, 0) is 27.2 Å². The zero-order chi connectivity index (χ0) is 13.9. The molecular formula is C14H18O4. The fourth-order valence-electron chi connectivity index (χ4n) is 1.80. The quantitative estimate of drug-likeness (QED) is 0.332. The summed E-state index contributed by atoms with van der Waals surface area (Å²) < 4.78 is 0. The Balaban J connectivity index is 3.20. The minimum Gasteiger partial charge on any atom is -0.507 e. The molecule has 4 heteroatoms. The lowest BCUT2D eigenvalue weighted by molar-refractivity contribution is 0.0979. The summed E-state index contributed by atoms with van der Waals surface area (Å²) in [6.07, 6.45) is 4.54. The number of benzene rings is 1. The van der Waals surface area contributed by atoms with Crippen LogP contribution in [-0.2, 0) is 0 Å². The molecule has 1 rings (SSSR count). The van der Waals surface area contributed by atoms with Crippen molar-refractivity contribution in [1.82, 2.24) is 0 Å². The van der Waals surface area contributed by atoms with Crippen LogP contribution in [0.3, 0.4) is 0 Å². The Labute approximate surface area is 106 Å². The number of rotatable bonds is 4. The van der Waals surface area contributed by atoms with Crippen LogP contribution < -0.4 is 0 Å². The first-order valence-corrected chi connectivity index (χ1v) is 5.80.